The highest BCUT2D eigenvalue weighted by molar-refractivity contribution is 7.15. The predicted octanol–water partition coefficient (Wildman–Crippen LogP) is 3.50. The van der Waals surface area contributed by atoms with Crippen LogP contribution in [0, 0.1) is 12.8 Å². The second-order valence-corrected chi connectivity index (χ2v) is 6.68. The van der Waals surface area contributed by atoms with Crippen LogP contribution >= 0.6 is 11.3 Å². The zero-order valence-corrected chi connectivity index (χ0v) is 14.0. The van der Waals surface area contributed by atoms with Gasteiger partial charge in [-0.1, -0.05) is 13.8 Å². The molecule has 1 N–H and O–H groups in total. The maximum absolute atomic E-state index is 12.2. The van der Waals surface area contributed by atoms with Crippen LogP contribution in [0.25, 0.3) is 10.8 Å². The Morgan fingerprint density at radius 1 is 1.50 bits per heavy atom. The summed E-state index contributed by atoms with van der Waals surface area (Å²) < 4.78 is 10.8. The number of thiazole rings is 1. The Kier molecular flexibility index (Phi) is 6.15. The summed E-state index contributed by atoms with van der Waals surface area (Å²) in [5.41, 5.74) is 0.472. The lowest BCUT2D eigenvalue weighted by Gasteiger charge is -2.07. The van der Waals surface area contributed by atoms with Crippen LogP contribution in [-0.4, -0.2) is 30.6 Å². The Bertz CT molecular complexity index is 591. The number of amides is 1. The van der Waals surface area contributed by atoms with E-state index in [9.17, 15) is 4.79 Å². The molecule has 22 heavy (non-hydrogen) atoms. The topological polar surface area (TPSA) is 64.4 Å². The third-order valence-corrected chi connectivity index (χ3v) is 3.93. The molecule has 0 fully saturated rings. The first-order chi connectivity index (χ1) is 10.6. The third-order valence-electron chi connectivity index (χ3n) is 2.95. The average molecular weight is 322 g/mol. The summed E-state index contributed by atoms with van der Waals surface area (Å²) in [5.74, 6) is 1.08. The number of rotatable bonds is 8. The van der Waals surface area contributed by atoms with Crippen LogP contribution in [-0.2, 0) is 4.74 Å². The van der Waals surface area contributed by atoms with Crippen molar-refractivity contribution in [3.63, 3.8) is 0 Å². The summed E-state index contributed by atoms with van der Waals surface area (Å²) in [6.45, 7) is 8.12. The number of carbonyl (C=O) groups excluding carboxylic acids is 1. The molecule has 2 rings (SSSR count). The Balaban J connectivity index is 1.80. The molecule has 120 valence electrons. The van der Waals surface area contributed by atoms with E-state index < -0.39 is 0 Å². The zero-order chi connectivity index (χ0) is 15.9. The van der Waals surface area contributed by atoms with Crippen LogP contribution in [0.2, 0.25) is 0 Å². The number of hydrogen-bond acceptors (Lipinski definition) is 5. The van der Waals surface area contributed by atoms with Gasteiger partial charge in [-0.2, -0.15) is 0 Å². The predicted molar refractivity (Wildman–Crippen MR) is 87.2 cm³/mol. The van der Waals surface area contributed by atoms with Gasteiger partial charge in [0.15, 0.2) is 10.8 Å². The molecule has 0 atom stereocenters. The van der Waals surface area contributed by atoms with E-state index in [2.05, 4.69) is 24.1 Å². The molecule has 0 aliphatic rings. The van der Waals surface area contributed by atoms with E-state index in [4.69, 9.17) is 9.15 Å². The van der Waals surface area contributed by atoms with Gasteiger partial charge < -0.3 is 14.5 Å². The van der Waals surface area contributed by atoms with E-state index in [-0.39, 0.29) is 5.91 Å². The van der Waals surface area contributed by atoms with Crippen molar-refractivity contribution >= 4 is 17.2 Å². The van der Waals surface area contributed by atoms with Gasteiger partial charge in [-0.3, -0.25) is 4.79 Å². The Morgan fingerprint density at radius 3 is 3.00 bits per heavy atom. The fraction of sp³-hybridized carbons (Fsp3) is 0.500. The second kappa shape index (κ2) is 8.10. The van der Waals surface area contributed by atoms with Gasteiger partial charge in [0.25, 0.3) is 5.91 Å². The fourth-order valence-electron chi connectivity index (χ4n) is 1.89. The quantitative estimate of drug-likeness (QED) is 0.755. The zero-order valence-electron chi connectivity index (χ0n) is 13.2. The molecule has 6 heteroatoms. The molecule has 0 saturated heterocycles. The van der Waals surface area contributed by atoms with Gasteiger partial charge in [-0.05, 0) is 31.4 Å². The highest BCUT2D eigenvalue weighted by Crippen LogP contribution is 2.27. The second-order valence-electron chi connectivity index (χ2n) is 5.48. The number of ether oxygens (including phenoxy) is 1. The standard InChI is InChI=1S/C16H22N2O3S/c1-11(2)10-20-8-5-7-17-15(19)14-12(3)22-16(18-14)13-6-4-9-21-13/h4,6,9,11H,5,7-8,10H2,1-3H3,(H,17,19). The molecule has 2 heterocycles. The van der Waals surface area contributed by atoms with Crippen LogP contribution < -0.4 is 5.32 Å². The number of aromatic nitrogens is 1. The van der Waals surface area contributed by atoms with Crippen molar-refractivity contribution < 1.29 is 13.9 Å². The molecule has 0 bridgehead atoms. The monoisotopic (exact) mass is 322 g/mol. The van der Waals surface area contributed by atoms with Gasteiger partial charge in [0.2, 0.25) is 0 Å². The molecule has 0 radical (unpaired) electrons. The Morgan fingerprint density at radius 2 is 2.32 bits per heavy atom. The Hall–Kier alpha value is -1.66. The molecule has 0 saturated carbocycles. The van der Waals surface area contributed by atoms with Crippen LogP contribution in [0.5, 0.6) is 0 Å². The van der Waals surface area contributed by atoms with E-state index in [0.717, 1.165) is 22.9 Å². The van der Waals surface area contributed by atoms with Crippen molar-refractivity contribution in [2.45, 2.75) is 27.2 Å². The van der Waals surface area contributed by atoms with Crippen molar-refractivity contribution in [2.75, 3.05) is 19.8 Å². The van der Waals surface area contributed by atoms with Gasteiger partial charge in [-0.15, -0.1) is 11.3 Å². The lowest BCUT2D eigenvalue weighted by Crippen LogP contribution is -2.26. The number of nitrogens with zero attached hydrogens (tertiary/aromatic N) is 1. The van der Waals surface area contributed by atoms with E-state index >= 15 is 0 Å². The van der Waals surface area contributed by atoms with Crippen LogP contribution in [0.4, 0.5) is 0 Å². The highest BCUT2D eigenvalue weighted by Gasteiger charge is 2.17. The van der Waals surface area contributed by atoms with Crippen molar-refractivity contribution in [3.8, 4) is 10.8 Å². The first-order valence-corrected chi connectivity index (χ1v) is 8.27. The summed E-state index contributed by atoms with van der Waals surface area (Å²) in [6, 6.07) is 3.65. The largest absolute Gasteiger partial charge is 0.462 e. The van der Waals surface area contributed by atoms with Crippen molar-refractivity contribution in [2.24, 2.45) is 5.92 Å². The van der Waals surface area contributed by atoms with Gasteiger partial charge >= 0.3 is 0 Å². The minimum atomic E-state index is -0.143. The lowest BCUT2D eigenvalue weighted by molar-refractivity contribution is 0.0921. The molecule has 2 aromatic heterocycles. The van der Waals surface area contributed by atoms with Gasteiger partial charge in [-0.25, -0.2) is 4.98 Å². The minimum absolute atomic E-state index is 0.143. The normalized spacial score (nSPS) is 11.1. The molecule has 0 spiro atoms. The van der Waals surface area contributed by atoms with E-state index in [1.165, 1.54) is 11.3 Å². The van der Waals surface area contributed by atoms with Gasteiger partial charge in [0, 0.05) is 24.6 Å². The third kappa shape index (κ3) is 4.68. The number of aryl methyl sites for hydroxylation is 1. The molecule has 0 aromatic carbocycles. The van der Waals surface area contributed by atoms with E-state index in [1.807, 2.05) is 19.1 Å². The van der Waals surface area contributed by atoms with Crippen LogP contribution in [0.15, 0.2) is 22.8 Å². The molecule has 0 aliphatic heterocycles. The molecular formula is C16H22N2O3S. The maximum Gasteiger partial charge on any atom is 0.271 e. The Labute approximate surface area is 134 Å². The molecular weight excluding hydrogens is 300 g/mol. The van der Waals surface area contributed by atoms with E-state index in [1.54, 1.807) is 6.26 Å². The molecule has 0 unspecified atom stereocenters. The molecule has 1 amide bonds. The van der Waals surface area contributed by atoms with Crippen molar-refractivity contribution in [1.82, 2.24) is 10.3 Å². The van der Waals surface area contributed by atoms with Crippen molar-refractivity contribution in [3.05, 3.63) is 29.0 Å². The number of furan rings is 1. The number of hydrogen-bond donors (Lipinski definition) is 1. The fourth-order valence-corrected chi connectivity index (χ4v) is 2.77. The summed E-state index contributed by atoms with van der Waals surface area (Å²) in [4.78, 5) is 17.4. The number of nitrogens with one attached hydrogen (secondary N) is 1. The SMILES string of the molecule is Cc1sc(-c2ccco2)nc1C(=O)NCCCOCC(C)C. The highest BCUT2D eigenvalue weighted by atomic mass is 32.1. The van der Waals surface area contributed by atoms with Crippen molar-refractivity contribution in [1.29, 1.82) is 0 Å². The number of carbonyl (C=O) groups is 1. The molecule has 5 nitrogen and oxygen atoms in total. The minimum Gasteiger partial charge on any atom is -0.462 e. The first-order valence-electron chi connectivity index (χ1n) is 7.45. The smallest absolute Gasteiger partial charge is 0.271 e. The lowest BCUT2D eigenvalue weighted by atomic mass is 10.2. The van der Waals surface area contributed by atoms with Crippen LogP contribution in [0.3, 0.4) is 0 Å². The summed E-state index contributed by atoms with van der Waals surface area (Å²) >= 11 is 1.46. The van der Waals surface area contributed by atoms with Gasteiger partial charge in [0.05, 0.1) is 6.26 Å². The molecule has 0 aliphatic carbocycles. The summed E-state index contributed by atoms with van der Waals surface area (Å²) in [6.07, 6.45) is 2.40. The maximum atomic E-state index is 12.2. The first kappa shape index (κ1) is 16.7. The van der Waals surface area contributed by atoms with Crippen LogP contribution in [0.1, 0.15) is 35.6 Å². The molecule has 2 aromatic rings. The van der Waals surface area contributed by atoms with E-state index in [0.29, 0.717) is 30.5 Å². The van der Waals surface area contributed by atoms with Gasteiger partial charge in [0.1, 0.15) is 5.69 Å². The summed E-state index contributed by atoms with van der Waals surface area (Å²) in [5, 5.41) is 3.61. The average Bonchev–Trinajstić information content (AvgIpc) is 3.11. The summed E-state index contributed by atoms with van der Waals surface area (Å²) in [7, 11) is 0.